The summed E-state index contributed by atoms with van der Waals surface area (Å²) in [6.07, 6.45) is 1.38. The van der Waals surface area contributed by atoms with Gasteiger partial charge in [0.15, 0.2) is 0 Å². The summed E-state index contributed by atoms with van der Waals surface area (Å²) in [5, 5.41) is 6.27. The van der Waals surface area contributed by atoms with E-state index in [1.54, 1.807) is 18.2 Å². The lowest BCUT2D eigenvalue weighted by molar-refractivity contribution is -0.117. The summed E-state index contributed by atoms with van der Waals surface area (Å²) in [4.78, 5) is 11.8. The molecule has 1 unspecified atom stereocenters. The standard InChI is InChI=1S/C11H13ClN2O3S/c1-18(16,17)5-4-9-11(15)14-8-3-2-7(12)6-10(8)13-9/h2-3,6,9,13H,4-5H2,1H3,(H,14,15). The molecular weight excluding hydrogens is 276 g/mol. The molecule has 98 valence electrons. The summed E-state index contributed by atoms with van der Waals surface area (Å²) in [5.41, 5.74) is 1.36. The van der Waals surface area contributed by atoms with E-state index >= 15 is 0 Å². The van der Waals surface area contributed by atoms with Crippen molar-refractivity contribution in [1.29, 1.82) is 0 Å². The van der Waals surface area contributed by atoms with Crippen LogP contribution in [-0.4, -0.2) is 32.4 Å². The highest BCUT2D eigenvalue weighted by molar-refractivity contribution is 7.90. The molecule has 0 radical (unpaired) electrons. The van der Waals surface area contributed by atoms with Crippen LogP contribution in [0.4, 0.5) is 11.4 Å². The van der Waals surface area contributed by atoms with E-state index in [1.165, 1.54) is 0 Å². The second kappa shape index (κ2) is 4.78. The smallest absolute Gasteiger partial charge is 0.246 e. The zero-order valence-electron chi connectivity index (χ0n) is 9.73. The van der Waals surface area contributed by atoms with Crippen molar-refractivity contribution in [3.8, 4) is 0 Å². The first-order valence-electron chi connectivity index (χ1n) is 5.40. The molecule has 0 bridgehead atoms. The molecule has 2 rings (SSSR count). The Morgan fingerprint density at radius 1 is 1.33 bits per heavy atom. The van der Waals surface area contributed by atoms with Crippen LogP contribution in [0.2, 0.25) is 5.02 Å². The van der Waals surface area contributed by atoms with Crippen molar-refractivity contribution in [3.63, 3.8) is 0 Å². The van der Waals surface area contributed by atoms with E-state index in [1.807, 2.05) is 0 Å². The average molecular weight is 289 g/mol. The van der Waals surface area contributed by atoms with Gasteiger partial charge in [-0.05, 0) is 24.6 Å². The Kier molecular flexibility index (Phi) is 3.49. The maximum absolute atomic E-state index is 11.8. The first-order chi connectivity index (χ1) is 8.35. The van der Waals surface area contributed by atoms with Gasteiger partial charge in [0, 0.05) is 11.3 Å². The zero-order chi connectivity index (χ0) is 13.3. The summed E-state index contributed by atoms with van der Waals surface area (Å²) in [6.45, 7) is 0. The van der Waals surface area contributed by atoms with Crippen LogP contribution in [0.15, 0.2) is 18.2 Å². The van der Waals surface area contributed by atoms with E-state index in [0.717, 1.165) is 6.26 Å². The topological polar surface area (TPSA) is 75.3 Å². The fourth-order valence-corrected chi connectivity index (χ4v) is 2.59. The Morgan fingerprint density at radius 3 is 2.72 bits per heavy atom. The van der Waals surface area contributed by atoms with Crippen LogP contribution < -0.4 is 10.6 Å². The third-order valence-electron chi connectivity index (χ3n) is 2.66. The summed E-state index contributed by atoms with van der Waals surface area (Å²) in [7, 11) is -3.08. The largest absolute Gasteiger partial charge is 0.372 e. The monoisotopic (exact) mass is 288 g/mol. The van der Waals surface area contributed by atoms with Crippen LogP contribution >= 0.6 is 11.6 Å². The van der Waals surface area contributed by atoms with E-state index in [2.05, 4.69) is 10.6 Å². The lowest BCUT2D eigenvalue weighted by atomic mass is 10.1. The predicted octanol–water partition coefficient (Wildman–Crippen LogP) is 1.51. The van der Waals surface area contributed by atoms with Gasteiger partial charge in [0.2, 0.25) is 5.91 Å². The minimum absolute atomic E-state index is 0.0337. The molecule has 18 heavy (non-hydrogen) atoms. The van der Waals surface area contributed by atoms with E-state index < -0.39 is 15.9 Å². The molecule has 1 aromatic rings. The van der Waals surface area contributed by atoms with Gasteiger partial charge in [-0.3, -0.25) is 4.79 Å². The predicted molar refractivity (Wildman–Crippen MR) is 71.8 cm³/mol. The maximum atomic E-state index is 11.8. The number of sulfone groups is 1. The lowest BCUT2D eigenvalue weighted by Crippen LogP contribution is -2.39. The fraction of sp³-hybridized carbons (Fsp3) is 0.364. The molecule has 0 fully saturated rings. The number of hydrogen-bond donors (Lipinski definition) is 2. The van der Waals surface area contributed by atoms with E-state index in [-0.39, 0.29) is 18.1 Å². The summed E-state index contributed by atoms with van der Waals surface area (Å²) in [6, 6.07) is 4.53. The molecule has 1 aliphatic rings. The summed E-state index contributed by atoms with van der Waals surface area (Å²) >= 11 is 5.86. The molecule has 0 spiro atoms. The van der Waals surface area contributed by atoms with Gasteiger partial charge in [0.25, 0.3) is 0 Å². The van der Waals surface area contributed by atoms with Gasteiger partial charge >= 0.3 is 0 Å². The van der Waals surface area contributed by atoms with Gasteiger partial charge in [0.1, 0.15) is 15.9 Å². The van der Waals surface area contributed by atoms with Gasteiger partial charge in [-0.15, -0.1) is 0 Å². The Bertz CT molecular complexity index is 586. The molecule has 0 saturated heterocycles. The highest BCUT2D eigenvalue weighted by Crippen LogP contribution is 2.30. The van der Waals surface area contributed by atoms with Crippen LogP contribution in [0, 0.1) is 0 Å². The Morgan fingerprint density at radius 2 is 2.06 bits per heavy atom. The van der Waals surface area contributed by atoms with Crippen LogP contribution in [0.3, 0.4) is 0 Å². The van der Waals surface area contributed by atoms with Crippen LogP contribution in [0.25, 0.3) is 0 Å². The van der Waals surface area contributed by atoms with Crippen molar-refractivity contribution in [3.05, 3.63) is 23.2 Å². The SMILES string of the molecule is CS(=O)(=O)CCC1Nc2cc(Cl)ccc2NC1=O. The van der Waals surface area contributed by atoms with Crippen molar-refractivity contribution in [2.75, 3.05) is 22.6 Å². The van der Waals surface area contributed by atoms with Crippen molar-refractivity contribution in [2.45, 2.75) is 12.5 Å². The number of amides is 1. The van der Waals surface area contributed by atoms with Crippen LogP contribution in [0.5, 0.6) is 0 Å². The minimum atomic E-state index is -3.08. The van der Waals surface area contributed by atoms with Gasteiger partial charge < -0.3 is 10.6 Å². The normalized spacial score (nSPS) is 18.8. The van der Waals surface area contributed by atoms with Gasteiger partial charge in [-0.1, -0.05) is 11.6 Å². The molecule has 1 aliphatic heterocycles. The third-order valence-corrected chi connectivity index (χ3v) is 3.88. The zero-order valence-corrected chi connectivity index (χ0v) is 11.3. The molecule has 1 amide bonds. The maximum Gasteiger partial charge on any atom is 0.246 e. The molecule has 0 aliphatic carbocycles. The molecule has 1 aromatic carbocycles. The number of fused-ring (bicyclic) bond motifs is 1. The number of carbonyl (C=O) groups is 1. The summed E-state index contributed by atoms with van der Waals surface area (Å²) < 4.78 is 22.2. The Labute approximate surface area is 110 Å². The van der Waals surface area contributed by atoms with Gasteiger partial charge in [0.05, 0.1) is 17.1 Å². The number of halogens is 1. The van der Waals surface area contributed by atoms with E-state index in [9.17, 15) is 13.2 Å². The average Bonchev–Trinajstić information content (AvgIpc) is 2.26. The third kappa shape index (κ3) is 3.14. The molecule has 2 N–H and O–H groups in total. The first kappa shape index (κ1) is 13.2. The number of rotatable bonds is 3. The first-order valence-corrected chi connectivity index (χ1v) is 7.84. The molecule has 0 aromatic heterocycles. The van der Waals surface area contributed by atoms with Crippen molar-refractivity contribution >= 4 is 38.7 Å². The fourth-order valence-electron chi connectivity index (χ4n) is 1.75. The van der Waals surface area contributed by atoms with Gasteiger partial charge in [-0.2, -0.15) is 0 Å². The highest BCUT2D eigenvalue weighted by Gasteiger charge is 2.26. The molecule has 0 saturated carbocycles. The number of benzene rings is 1. The van der Waals surface area contributed by atoms with Crippen molar-refractivity contribution in [2.24, 2.45) is 0 Å². The molecular formula is C11H13ClN2O3S. The number of anilines is 2. The van der Waals surface area contributed by atoms with E-state index in [4.69, 9.17) is 11.6 Å². The number of nitrogens with one attached hydrogen (secondary N) is 2. The van der Waals surface area contributed by atoms with Crippen LogP contribution in [0.1, 0.15) is 6.42 Å². The molecule has 1 heterocycles. The Balaban J connectivity index is 2.14. The number of hydrogen-bond acceptors (Lipinski definition) is 4. The van der Waals surface area contributed by atoms with Crippen molar-refractivity contribution in [1.82, 2.24) is 0 Å². The molecule has 7 heteroatoms. The molecule has 1 atom stereocenters. The summed E-state index contributed by atoms with van der Waals surface area (Å²) in [5.74, 6) is -0.262. The minimum Gasteiger partial charge on any atom is -0.372 e. The Hall–Kier alpha value is -1.27. The quantitative estimate of drug-likeness (QED) is 0.884. The molecule has 5 nitrogen and oxygen atoms in total. The lowest BCUT2D eigenvalue weighted by Gasteiger charge is -2.26. The van der Waals surface area contributed by atoms with Crippen molar-refractivity contribution < 1.29 is 13.2 Å². The number of carbonyl (C=O) groups excluding carboxylic acids is 1. The second-order valence-electron chi connectivity index (χ2n) is 4.29. The van der Waals surface area contributed by atoms with E-state index in [0.29, 0.717) is 16.4 Å². The van der Waals surface area contributed by atoms with Gasteiger partial charge in [-0.25, -0.2) is 8.42 Å². The van der Waals surface area contributed by atoms with Crippen LogP contribution in [-0.2, 0) is 14.6 Å². The second-order valence-corrected chi connectivity index (χ2v) is 6.99. The highest BCUT2D eigenvalue weighted by atomic mass is 35.5.